The first-order chi connectivity index (χ1) is 7.77. The van der Waals surface area contributed by atoms with E-state index in [1.54, 1.807) is 24.2 Å². The number of nitrogens with two attached hydrogens (primary N) is 1. The molecule has 1 atom stereocenters. The summed E-state index contributed by atoms with van der Waals surface area (Å²) in [6, 6.07) is 10.3. The summed E-state index contributed by atoms with van der Waals surface area (Å²) in [5, 5.41) is 1.11. The highest BCUT2D eigenvalue weighted by molar-refractivity contribution is 7.99. The molecule has 2 aromatic rings. The van der Waals surface area contributed by atoms with Gasteiger partial charge in [0.2, 0.25) is 0 Å². The van der Waals surface area contributed by atoms with Crippen molar-refractivity contribution in [2.45, 2.75) is 17.2 Å². The Hall–Kier alpha value is -1.55. The molecule has 0 spiro atoms. The van der Waals surface area contributed by atoms with Gasteiger partial charge in [0, 0.05) is 17.6 Å². The van der Waals surface area contributed by atoms with Crippen LogP contribution in [0.1, 0.15) is 17.7 Å². The van der Waals surface area contributed by atoms with Crippen molar-refractivity contribution in [2.24, 2.45) is 0 Å². The Balaban J connectivity index is 2.14. The first-order valence-electron chi connectivity index (χ1n) is 5.05. The predicted molar refractivity (Wildman–Crippen MR) is 67.2 cm³/mol. The fraction of sp³-hybridized carbons (Fsp3) is 0.167. The summed E-state index contributed by atoms with van der Waals surface area (Å²) in [6.45, 7) is 2.13. The summed E-state index contributed by atoms with van der Waals surface area (Å²) in [4.78, 5) is 8.24. The lowest BCUT2D eigenvalue weighted by atomic mass is 10.2. The Kier molecular flexibility index (Phi) is 3.41. The number of thioether (sulfide) groups is 1. The number of rotatable bonds is 3. The van der Waals surface area contributed by atoms with Crippen LogP contribution in [-0.4, -0.2) is 9.97 Å². The van der Waals surface area contributed by atoms with Crippen LogP contribution in [-0.2, 0) is 0 Å². The van der Waals surface area contributed by atoms with E-state index in [0.717, 1.165) is 5.03 Å². The zero-order valence-corrected chi connectivity index (χ0v) is 9.82. The maximum absolute atomic E-state index is 5.75. The van der Waals surface area contributed by atoms with Gasteiger partial charge in [0.15, 0.2) is 5.82 Å². The average Bonchev–Trinajstić information content (AvgIpc) is 2.33. The lowest BCUT2D eigenvalue weighted by Gasteiger charge is -2.11. The summed E-state index contributed by atoms with van der Waals surface area (Å²) < 4.78 is 0. The number of nitrogens with zero attached hydrogens (tertiary/aromatic N) is 2. The molecule has 16 heavy (non-hydrogen) atoms. The van der Waals surface area contributed by atoms with Crippen molar-refractivity contribution in [3.8, 4) is 0 Å². The van der Waals surface area contributed by atoms with Crippen LogP contribution >= 0.6 is 11.8 Å². The zero-order chi connectivity index (χ0) is 11.4. The molecule has 2 N–H and O–H groups in total. The molecule has 0 amide bonds. The molecule has 2 rings (SSSR count). The van der Waals surface area contributed by atoms with Crippen LogP contribution in [0.4, 0.5) is 5.82 Å². The largest absolute Gasteiger partial charge is 0.381 e. The monoisotopic (exact) mass is 231 g/mol. The number of anilines is 1. The van der Waals surface area contributed by atoms with E-state index in [4.69, 9.17) is 5.73 Å². The van der Waals surface area contributed by atoms with E-state index in [1.165, 1.54) is 5.56 Å². The molecule has 0 bridgehead atoms. The van der Waals surface area contributed by atoms with E-state index in [-0.39, 0.29) is 0 Å². The van der Waals surface area contributed by atoms with E-state index in [1.807, 2.05) is 18.2 Å². The molecule has 0 aliphatic rings. The molecule has 0 saturated heterocycles. The van der Waals surface area contributed by atoms with Gasteiger partial charge in [0.25, 0.3) is 0 Å². The summed E-state index contributed by atoms with van der Waals surface area (Å²) in [5.74, 6) is 0.496. The molecule has 1 aromatic carbocycles. The van der Waals surface area contributed by atoms with Crippen LogP contribution < -0.4 is 5.73 Å². The maximum Gasteiger partial charge on any atom is 0.156 e. The molecule has 0 radical (unpaired) electrons. The molecule has 1 heterocycles. The third kappa shape index (κ3) is 2.52. The Labute approximate surface area is 99.1 Å². The first-order valence-corrected chi connectivity index (χ1v) is 5.93. The molecular weight excluding hydrogens is 218 g/mol. The van der Waals surface area contributed by atoms with Gasteiger partial charge in [-0.25, -0.2) is 9.97 Å². The van der Waals surface area contributed by atoms with Gasteiger partial charge >= 0.3 is 0 Å². The number of benzene rings is 1. The van der Waals surface area contributed by atoms with Crippen molar-refractivity contribution in [3.05, 3.63) is 48.3 Å². The van der Waals surface area contributed by atoms with Gasteiger partial charge in [0.1, 0.15) is 5.03 Å². The van der Waals surface area contributed by atoms with Crippen LogP contribution in [0.25, 0.3) is 0 Å². The Bertz CT molecular complexity index is 459. The minimum Gasteiger partial charge on any atom is -0.381 e. The minimum absolute atomic E-state index is 0.320. The molecule has 0 aliphatic heterocycles. The SMILES string of the molecule is CC(Sc1nccnc1N)c1ccccc1. The normalized spacial score (nSPS) is 12.3. The molecule has 1 aromatic heterocycles. The van der Waals surface area contributed by atoms with Crippen molar-refractivity contribution in [1.82, 2.24) is 9.97 Å². The van der Waals surface area contributed by atoms with Gasteiger partial charge in [-0.15, -0.1) is 0 Å². The Morgan fingerprint density at radius 3 is 2.50 bits per heavy atom. The molecule has 0 fully saturated rings. The minimum atomic E-state index is 0.320. The number of hydrogen-bond acceptors (Lipinski definition) is 4. The van der Waals surface area contributed by atoms with Gasteiger partial charge in [-0.3, -0.25) is 0 Å². The first kappa shape index (κ1) is 11.0. The molecule has 0 saturated carbocycles. The van der Waals surface area contributed by atoms with Crippen molar-refractivity contribution in [3.63, 3.8) is 0 Å². The van der Waals surface area contributed by atoms with Gasteiger partial charge in [0.05, 0.1) is 0 Å². The molecule has 1 unspecified atom stereocenters. The number of nitrogen functional groups attached to an aromatic ring is 1. The summed E-state index contributed by atoms with van der Waals surface area (Å²) in [7, 11) is 0. The molecule has 82 valence electrons. The Morgan fingerprint density at radius 2 is 1.81 bits per heavy atom. The number of aromatic nitrogens is 2. The number of hydrogen-bond donors (Lipinski definition) is 1. The third-order valence-corrected chi connectivity index (χ3v) is 3.41. The molecular formula is C12H13N3S. The van der Waals surface area contributed by atoms with E-state index in [0.29, 0.717) is 11.1 Å². The summed E-state index contributed by atoms with van der Waals surface area (Å²) >= 11 is 1.62. The van der Waals surface area contributed by atoms with Crippen LogP contribution in [0.5, 0.6) is 0 Å². The summed E-state index contributed by atoms with van der Waals surface area (Å²) in [6.07, 6.45) is 3.27. The van der Waals surface area contributed by atoms with Crippen LogP contribution in [0.3, 0.4) is 0 Å². The zero-order valence-electron chi connectivity index (χ0n) is 9.00. The average molecular weight is 231 g/mol. The fourth-order valence-electron chi connectivity index (χ4n) is 1.39. The molecule has 4 heteroatoms. The van der Waals surface area contributed by atoms with E-state index >= 15 is 0 Å². The van der Waals surface area contributed by atoms with Crippen molar-refractivity contribution >= 4 is 17.6 Å². The van der Waals surface area contributed by atoms with Gasteiger partial charge in [-0.1, -0.05) is 42.1 Å². The standard InChI is InChI=1S/C12H13N3S/c1-9(10-5-3-2-4-6-10)16-12-11(13)14-7-8-15-12/h2-9H,1H3,(H2,13,14). The van der Waals surface area contributed by atoms with Gasteiger partial charge in [-0.2, -0.15) is 0 Å². The summed E-state index contributed by atoms with van der Waals surface area (Å²) in [5.41, 5.74) is 7.01. The van der Waals surface area contributed by atoms with Crippen LogP contribution in [0.2, 0.25) is 0 Å². The van der Waals surface area contributed by atoms with E-state index in [2.05, 4.69) is 29.0 Å². The quantitative estimate of drug-likeness (QED) is 0.825. The van der Waals surface area contributed by atoms with Crippen LogP contribution in [0.15, 0.2) is 47.8 Å². The smallest absolute Gasteiger partial charge is 0.156 e. The van der Waals surface area contributed by atoms with Crippen molar-refractivity contribution in [1.29, 1.82) is 0 Å². The lowest BCUT2D eigenvalue weighted by molar-refractivity contribution is 1.04. The second kappa shape index (κ2) is 4.99. The topological polar surface area (TPSA) is 51.8 Å². The maximum atomic E-state index is 5.75. The van der Waals surface area contributed by atoms with Crippen molar-refractivity contribution in [2.75, 3.05) is 5.73 Å². The highest BCUT2D eigenvalue weighted by Crippen LogP contribution is 2.35. The molecule has 0 aliphatic carbocycles. The Morgan fingerprint density at radius 1 is 1.12 bits per heavy atom. The fourth-order valence-corrected chi connectivity index (χ4v) is 2.31. The second-order valence-corrected chi connectivity index (χ2v) is 4.75. The highest BCUT2D eigenvalue weighted by Gasteiger charge is 2.10. The van der Waals surface area contributed by atoms with Crippen LogP contribution in [0, 0.1) is 0 Å². The van der Waals surface area contributed by atoms with Crippen molar-refractivity contribution < 1.29 is 0 Å². The predicted octanol–water partition coefficient (Wildman–Crippen LogP) is 2.91. The highest BCUT2D eigenvalue weighted by atomic mass is 32.2. The lowest BCUT2D eigenvalue weighted by Crippen LogP contribution is -1.96. The van der Waals surface area contributed by atoms with E-state index < -0.39 is 0 Å². The molecule has 3 nitrogen and oxygen atoms in total. The second-order valence-electron chi connectivity index (χ2n) is 3.42. The van der Waals surface area contributed by atoms with Gasteiger partial charge < -0.3 is 5.73 Å². The third-order valence-electron chi connectivity index (χ3n) is 2.25. The van der Waals surface area contributed by atoms with Gasteiger partial charge in [-0.05, 0) is 12.5 Å². The van der Waals surface area contributed by atoms with E-state index in [9.17, 15) is 0 Å².